The molecule has 0 saturated heterocycles. The molecule has 1 rings (SSSR count). The Morgan fingerprint density at radius 2 is 2.45 bits per heavy atom. The minimum atomic E-state index is 0.0734. The van der Waals surface area contributed by atoms with Gasteiger partial charge in [0.1, 0.15) is 5.76 Å². The Balaban J connectivity index is 2.71. The van der Waals surface area contributed by atoms with Crippen molar-refractivity contribution in [2.24, 2.45) is 5.73 Å². The van der Waals surface area contributed by atoms with Crippen LogP contribution >= 0.6 is 0 Å². The molecule has 0 spiro atoms. The van der Waals surface area contributed by atoms with Crippen LogP contribution in [-0.4, -0.2) is 11.2 Å². The van der Waals surface area contributed by atoms with E-state index in [1.165, 1.54) is 0 Å². The second kappa shape index (κ2) is 3.34. The maximum atomic E-state index is 5.52. The number of aromatic nitrogens is 1. The molecule has 0 aliphatic rings. The van der Waals surface area contributed by atoms with E-state index in [0.717, 1.165) is 11.3 Å². The lowest BCUT2D eigenvalue weighted by Gasteiger charge is -1.92. The minimum Gasteiger partial charge on any atom is -0.361 e. The zero-order valence-electron chi connectivity index (χ0n) is 6.74. The highest BCUT2D eigenvalue weighted by atomic mass is 16.5. The first kappa shape index (κ1) is 8.01. The van der Waals surface area contributed by atoms with Gasteiger partial charge in [0.15, 0.2) is 0 Å². The first-order chi connectivity index (χ1) is 5.20. The van der Waals surface area contributed by atoms with Crippen LogP contribution in [0.25, 0.3) is 6.08 Å². The fraction of sp³-hybridized carbons (Fsp3) is 0.375. The summed E-state index contributed by atoms with van der Waals surface area (Å²) in [6.45, 7) is 3.78. The van der Waals surface area contributed by atoms with Crippen LogP contribution in [0.4, 0.5) is 0 Å². The second-order valence-electron chi connectivity index (χ2n) is 2.56. The molecule has 1 aromatic heterocycles. The molecule has 1 heterocycles. The monoisotopic (exact) mass is 152 g/mol. The van der Waals surface area contributed by atoms with Crippen LogP contribution in [-0.2, 0) is 0 Å². The number of hydrogen-bond donors (Lipinski definition) is 1. The lowest BCUT2D eigenvalue weighted by atomic mass is 10.2. The molecule has 0 aromatic carbocycles. The molecule has 0 amide bonds. The number of nitrogens with two attached hydrogens (primary N) is 1. The highest BCUT2D eigenvalue weighted by Gasteiger charge is 1.96. The molecule has 0 radical (unpaired) electrons. The maximum absolute atomic E-state index is 5.52. The smallest absolute Gasteiger partial charge is 0.140 e. The molecule has 2 N–H and O–H groups in total. The van der Waals surface area contributed by atoms with Crippen molar-refractivity contribution in [2.45, 2.75) is 19.9 Å². The second-order valence-corrected chi connectivity index (χ2v) is 2.56. The Bertz CT molecular complexity index is 250. The van der Waals surface area contributed by atoms with E-state index in [2.05, 4.69) is 5.16 Å². The fourth-order valence-corrected chi connectivity index (χ4v) is 0.722. The fourth-order valence-electron chi connectivity index (χ4n) is 0.722. The van der Waals surface area contributed by atoms with Gasteiger partial charge in [0, 0.05) is 11.6 Å². The van der Waals surface area contributed by atoms with Gasteiger partial charge in [-0.1, -0.05) is 17.3 Å². The summed E-state index contributed by atoms with van der Waals surface area (Å²) in [4.78, 5) is 0. The summed E-state index contributed by atoms with van der Waals surface area (Å²) in [5, 5.41) is 3.63. The number of aryl methyl sites for hydroxylation is 1. The van der Waals surface area contributed by atoms with Crippen molar-refractivity contribution in [1.82, 2.24) is 5.16 Å². The van der Waals surface area contributed by atoms with Crippen LogP contribution in [0.1, 0.15) is 18.2 Å². The van der Waals surface area contributed by atoms with Gasteiger partial charge in [0.05, 0.1) is 6.20 Å². The number of rotatable bonds is 2. The van der Waals surface area contributed by atoms with Gasteiger partial charge in [0.2, 0.25) is 0 Å². The van der Waals surface area contributed by atoms with Crippen molar-refractivity contribution >= 4 is 6.08 Å². The highest BCUT2D eigenvalue weighted by molar-refractivity contribution is 5.49. The Hall–Kier alpha value is -1.09. The molecule has 60 valence electrons. The Labute approximate surface area is 65.9 Å². The zero-order chi connectivity index (χ0) is 8.27. The van der Waals surface area contributed by atoms with Crippen LogP contribution in [0.3, 0.4) is 0 Å². The molecule has 1 atom stereocenters. The van der Waals surface area contributed by atoms with Crippen molar-refractivity contribution in [2.75, 3.05) is 0 Å². The summed E-state index contributed by atoms with van der Waals surface area (Å²) in [7, 11) is 0. The summed E-state index contributed by atoms with van der Waals surface area (Å²) in [6, 6.07) is 0.0734. The molecule has 0 saturated carbocycles. The van der Waals surface area contributed by atoms with Gasteiger partial charge in [-0.2, -0.15) is 0 Å². The van der Waals surface area contributed by atoms with Crippen molar-refractivity contribution < 1.29 is 4.52 Å². The molecular weight excluding hydrogens is 140 g/mol. The van der Waals surface area contributed by atoms with Crippen molar-refractivity contribution in [3.8, 4) is 0 Å². The van der Waals surface area contributed by atoms with Gasteiger partial charge in [-0.3, -0.25) is 0 Å². The van der Waals surface area contributed by atoms with Crippen LogP contribution in [0.15, 0.2) is 16.8 Å². The summed E-state index contributed by atoms with van der Waals surface area (Å²) in [6.07, 6.45) is 5.49. The third-order valence-corrected chi connectivity index (χ3v) is 1.37. The van der Waals surface area contributed by atoms with Gasteiger partial charge in [-0.15, -0.1) is 0 Å². The highest BCUT2D eigenvalue weighted by Crippen LogP contribution is 2.07. The van der Waals surface area contributed by atoms with Crippen molar-refractivity contribution in [3.63, 3.8) is 0 Å². The van der Waals surface area contributed by atoms with Crippen LogP contribution in [0, 0.1) is 6.92 Å². The topological polar surface area (TPSA) is 52.0 Å². The first-order valence-electron chi connectivity index (χ1n) is 3.55. The van der Waals surface area contributed by atoms with E-state index in [9.17, 15) is 0 Å². The molecule has 3 heteroatoms. The summed E-state index contributed by atoms with van der Waals surface area (Å²) in [5.41, 5.74) is 6.51. The van der Waals surface area contributed by atoms with Crippen molar-refractivity contribution in [3.05, 3.63) is 23.6 Å². The maximum Gasteiger partial charge on any atom is 0.140 e. The first-order valence-corrected chi connectivity index (χ1v) is 3.55. The largest absolute Gasteiger partial charge is 0.361 e. The van der Waals surface area contributed by atoms with Crippen molar-refractivity contribution in [1.29, 1.82) is 0 Å². The molecule has 0 bridgehead atoms. The number of hydrogen-bond acceptors (Lipinski definition) is 3. The van der Waals surface area contributed by atoms with E-state index in [1.54, 1.807) is 6.20 Å². The zero-order valence-corrected chi connectivity index (χ0v) is 6.74. The van der Waals surface area contributed by atoms with Crippen LogP contribution in [0.5, 0.6) is 0 Å². The average molecular weight is 152 g/mol. The molecule has 3 nitrogen and oxygen atoms in total. The normalized spacial score (nSPS) is 14.1. The Morgan fingerprint density at radius 3 is 2.91 bits per heavy atom. The van der Waals surface area contributed by atoms with Gasteiger partial charge in [0.25, 0.3) is 0 Å². The van der Waals surface area contributed by atoms with E-state index in [1.807, 2.05) is 26.0 Å². The minimum absolute atomic E-state index is 0.0734. The van der Waals surface area contributed by atoms with Gasteiger partial charge < -0.3 is 10.3 Å². The van der Waals surface area contributed by atoms with E-state index in [0.29, 0.717) is 0 Å². The quantitative estimate of drug-likeness (QED) is 0.695. The molecule has 1 unspecified atom stereocenters. The van der Waals surface area contributed by atoms with Gasteiger partial charge in [-0.25, -0.2) is 0 Å². The van der Waals surface area contributed by atoms with Crippen LogP contribution in [0.2, 0.25) is 0 Å². The number of nitrogens with zero attached hydrogens (tertiary/aromatic N) is 1. The molecular formula is C8H12N2O. The summed E-state index contributed by atoms with van der Waals surface area (Å²) in [5.74, 6) is 0.821. The standard InChI is InChI=1S/C8H12N2O/c1-6(9)3-4-8-5-10-11-7(8)2/h3-6H,9H2,1-2H3/b4-3+. The third-order valence-electron chi connectivity index (χ3n) is 1.37. The lowest BCUT2D eigenvalue weighted by molar-refractivity contribution is 0.397. The van der Waals surface area contributed by atoms with E-state index in [-0.39, 0.29) is 6.04 Å². The summed E-state index contributed by atoms with van der Waals surface area (Å²) < 4.78 is 4.85. The predicted molar refractivity (Wildman–Crippen MR) is 43.9 cm³/mol. The SMILES string of the molecule is Cc1oncc1/C=C/C(C)N. The molecule has 0 aliphatic carbocycles. The van der Waals surface area contributed by atoms with E-state index < -0.39 is 0 Å². The Kier molecular flexibility index (Phi) is 2.44. The third kappa shape index (κ3) is 2.20. The van der Waals surface area contributed by atoms with E-state index >= 15 is 0 Å². The molecule has 0 aliphatic heterocycles. The van der Waals surface area contributed by atoms with E-state index in [4.69, 9.17) is 10.3 Å². The molecule has 0 fully saturated rings. The average Bonchev–Trinajstić information content (AvgIpc) is 2.31. The molecule has 11 heavy (non-hydrogen) atoms. The lowest BCUT2D eigenvalue weighted by Crippen LogP contribution is -2.09. The summed E-state index contributed by atoms with van der Waals surface area (Å²) >= 11 is 0. The van der Waals surface area contributed by atoms with Gasteiger partial charge in [-0.05, 0) is 13.8 Å². The van der Waals surface area contributed by atoms with Gasteiger partial charge >= 0.3 is 0 Å². The predicted octanol–water partition coefficient (Wildman–Crippen LogP) is 1.34. The molecule has 1 aromatic rings. The van der Waals surface area contributed by atoms with Crippen LogP contribution < -0.4 is 5.73 Å². The Morgan fingerprint density at radius 1 is 1.73 bits per heavy atom.